The molecule has 7 nitrogen and oxygen atoms in total. The molecule has 0 spiro atoms. The molecule has 2 rings (SSSR count). The zero-order valence-corrected chi connectivity index (χ0v) is 10.3. The highest BCUT2D eigenvalue weighted by atomic mass is 16.6. The Kier molecular flexibility index (Phi) is 3.96. The van der Waals surface area contributed by atoms with Gasteiger partial charge in [-0.15, -0.1) is 0 Å². The van der Waals surface area contributed by atoms with E-state index in [9.17, 15) is 14.9 Å². The number of piperidine rings is 1. The third-order valence-corrected chi connectivity index (χ3v) is 3.10. The van der Waals surface area contributed by atoms with Crippen LogP contribution in [0, 0.1) is 10.1 Å². The SMILES string of the molecule is O=C(O)c1cccc([N+](=O)[O-])c1NN1CCCCC1. The summed E-state index contributed by atoms with van der Waals surface area (Å²) in [5.74, 6) is -1.18. The van der Waals surface area contributed by atoms with Crippen LogP contribution in [0.1, 0.15) is 29.6 Å². The fourth-order valence-corrected chi connectivity index (χ4v) is 2.15. The molecular formula is C12H15N3O4. The highest BCUT2D eigenvalue weighted by Crippen LogP contribution is 2.29. The van der Waals surface area contributed by atoms with Crippen molar-refractivity contribution in [2.75, 3.05) is 18.5 Å². The predicted octanol–water partition coefficient (Wildman–Crippen LogP) is 2.11. The van der Waals surface area contributed by atoms with E-state index in [1.807, 2.05) is 5.01 Å². The van der Waals surface area contributed by atoms with Crippen molar-refractivity contribution >= 4 is 17.3 Å². The standard InChI is InChI=1S/C12H15N3O4/c16-12(17)9-5-4-6-10(15(18)19)11(9)13-14-7-2-1-3-8-14/h4-6,13H,1-3,7-8H2,(H,16,17). The van der Waals surface area contributed by atoms with Crippen LogP contribution in [0.5, 0.6) is 0 Å². The summed E-state index contributed by atoms with van der Waals surface area (Å²) in [5, 5.41) is 21.9. The maximum Gasteiger partial charge on any atom is 0.338 e. The number of carboxylic acids is 1. The van der Waals surface area contributed by atoms with Gasteiger partial charge < -0.3 is 10.5 Å². The van der Waals surface area contributed by atoms with E-state index in [-0.39, 0.29) is 16.9 Å². The molecule has 1 saturated heterocycles. The Balaban J connectivity index is 2.34. The molecule has 0 aliphatic carbocycles. The first kappa shape index (κ1) is 13.3. The van der Waals surface area contributed by atoms with Gasteiger partial charge in [0.25, 0.3) is 5.69 Å². The van der Waals surface area contributed by atoms with Crippen molar-refractivity contribution in [3.8, 4) is 0 Å². The average molecular weight is 265 g/mol. The Labute approximate surface area is 110 Å². The molecule has 102 valence electrons. The molecule has 0 atom stereocenters. The van der Waals surface area contributed by atoms with Gasteiger partial charge in [-0.05, 0) is 18.9 Å². The number of para-hydroxylation sites is 1. The third kappa shape index (κ3) is 3.00. The van der Waals surface area contributed by atoms with Gasteiger partial charge in [0.15, 0.2) is 0 Å². The second-order valence-electron chi connectivity index (χ2n) is 4.42. The lowest BCUT2D eigenvalue weighted by molar-refractivity contribution is -0.384. The molecule has 1 aliphatic rings. The number of hydrogen-bond donors (Lipinski definition) is 2. The van der Waals surface area contributed by atoms with Crippen molar-refractivity contribution in [3.05, 3.63) is 33.9 Å². The third-order valence-electron chi connectivity index (χ3n) is 3.10. The minimum atomic E-state index is -1.18. The molecule has 1 aromatic carbocycles. The number of aromatic carboxylic acids is 1. The number of carbonyl (C=O) groups is 1. The van der Waals surface area contributed by atoms with Gasteiger partial charge in [-0.3, -0.25) is 10.1 Å². The maximum atomic E-state index is 11.2. The van der Waals surface area contributed by atoms with Gasteiger partial charge in [0.2, 0.25) is 0 Å². The number of nitro benzene ring substituents is 1. The number of hydrazine groups is 1. The first-order valence-corrected chi connectivity index (χ1v) is 6.12. The van der Waals surface area contributed by atoms with E-state index in [2.05, 4.69) is 5.43 Å². The van der Waals surface area contributed by atoms with E-state index >= 15 is 0 Å². The summed E-state index contributed by atoms with van der Waals surface area (Å²) in [5.41, 5.74) is 2.65. The van der Waals surface area contributed by atoms with Crippen LogP contribution >= 0.6 is 0 Å². The average Bonchev–Trinajstić information content (AvgIpc) is 2.39. The lowest BCUT2D eigenvalue weighted by Gasteiger charge is -2.28. The lowest BCUT2D eigenvalue weighted by atomic mass is 10.1. The smallest absolute Gasteiger partial charge is 0.338 e. The first-order valence-electron chi connectivity index (χ1n) is 6.12. The molecule has 0 bridgehead atoms. The minimum absolute atomic E-state index is 0.0573. The van der Waals surface area contributed by atoms with Crippen LogP contribution < -0.4 is 5.43 Å². The number of hydrogen-bond acceptors (Lipinski definition) is 5. The monoisotopic (exact) mass is 265 g/mol. The Bertz CT molecular complexity index is 465. The van der Waals surface area contributed by atoms with Gasteiger partial charge in [0, 0.05) is 19.2 Å². The molecule has 1 aromatic rings. The molecule has 7 heteroatoms. The number of anilines is 1. The summed E-state index contributed by atoms with van der Waals surface area (Å²) in [6.07, 6.45) is 3.12. The van der Waals surface area contributed by atoms with E-state index in [1.165, 1.54) is 18.2 Å². The molecule has 1 fully saturated rings. The van der Waals surface area contributed by atoms with Crippen molar-refractivity contribution in [1.29, 1.82) is 0 Å². The molecule has 1 heterocycles. The number of nitrogens with one attached hydrogen (secondary N) is 1. The van der Waals surface area contributed by atoms with Crippen LogP contribution in [-0.4, -0.2) is 34.1 Å². The maximum absolute atomic E-state index is 11.2. The fraction of sp³-hybridized carbons (Fsp3) is 0.417. The van der Waals surface area contributed by atoms with Crippen molar-refractivity contribution < 1.29 is 14.8 Å². The van der Waals surface area contributed by atoms with Crippen molar-refractivity contribution in [3.63, 3.8) is 0 Å². The van der Waals surface area contributed by atoms with Crippen LogP contribution in [-0.2, 0) is 0 Å². The van der Waals surface area contributed by atoms with Crippen molar-refractivity contribution in [1.82, 2.24) is 5.01 Å². The molecule has 0 radical (unpaired) electrons. The van der Waals surface area contributed by atoms with Gasteiger partial charge >= 0.3 is 5.97 Å². The summed E-state index contributed by atoms with van der Waals surface area (Å²) >= 11 is 0. The summed E-state index contributed by atoms with van der Waals surface area (Å²) in [7, 11) is 0. The second kappa shape index (κ2) is 5.66. The number of nitro groups is 1. The van der Waals surface area contributed by atoms with E-state index in [0.29, 0.717) is 0 Å². The van der Waals surface area contributed by atoms with Gasteiger partial charge in [0.1, 0.15) is 5.69 Å². The van der Waals surface area contributed by atoms with Crippen LogP contribution in [0.2, 0.25) is 0 Å². The Morgan fingerprint density at radius 2 is 2.00 bits per heavy atom. The van der Waals surface area contributed by atoms with Gasteiger partial charge in [-0.2, -0.15) is 0 Å². The zero-order valence-electron chi connectivity index (χ0n) is 10.3. The van der Waals surface area contributed by atoms with Gasteiger partial charge in [-0.25, -0.2) is 9.80 Å². The van der Waals surface area contributed by atoms with Crippen LogP contribution in [0.25, 0.3) is 0 Å². The Morgan fingerprint density at radius 3 is 2.58 bits per heavy atom. The van der Waals surface area contributed by atoms with Crippen LogP contribution in [0.3, 0.4) is 0 Å². The Morgan fingerprint density at radius 1 is 1.32 bits per heavy atom. The zero-order chi connectivity index (χ0) is 13.8. The highest BCUT2D eigenvalue weighted by Gasteiger charge is 2.23. The molecule has 0 amide bonds. The highest BCUT2D eigenvalue weighted by molar-refractivity contribution is 5.96. The Hall–Kier alpha value is -2.15. The summed E-state index contributed by atoms with van der Waals surface area (Å²) in [4.78, 5) is 21.6. The van der Waals surface area contributed by atoms with Crippen molar-refractivity contribution in [2.24, 2.45) is 0 Å². The van der Waals surface area contributed by atoms with E-state index in [1.54, 1.807) is 0 Å². The largest absolute Gasteiger partial charge is 0.478 e. The molecule has 19 heavy (non-hydrogen) atoms. The van der Waals surface area contributed by atoms with E-state index in [4.69, 9.17) is 5.11 Å². The molecular weight excluding hydrogens is 250 g/mol. The van der Waals surface area contributed by atoms with E-state index < -0.39 is 10.9 Å². The molecule has 2 N–H and O–H groups in total. The topological polar surface area (TPSA) is 95.7 Å². The van der Waals surface area contributed by atoms with E-state index in [0.717, 1.165) is 32.4 Å². The first-order chi connectivity index (χ1) is 9.09. The fourth-order valence-electron chi connectivity index (χ4n) is 2.15. The number of benzene rings is 1. The predicted molar refractivity (Wildman–Crippen MR) is 69.1 cm³/mol. The van der Waals surface area contributed by atoms with Crippen LogP contribution in [0.4, 0.5) is 11.4 Å². The molecule has 0 aromatic heterocycles. The van der Waals surface area contributed by atoms with Crippen molar-refractivity contribution in [2.45, 2.75) is 19.3 Å². The quantitative estimate of drug-likeness (QED) is 0.639. The number of nitrogens with zero attached hydrogens (tertiary/aromatic N) is 2. The molecule has 1 aliphatic heterocycles. The summed E-state index contributed by atoms with van der Waals surface area (Å²) in [6.45, 7) is 1.51. The second-order valence-corrected chi connectivity index (χ2v) is 4.42. The minimum Gasteiger partial charge on any atom is -0.478 e. The summed E-state index contributed by atoms with van der Waals surface area (Å²) < 4.78 is 0. The number of rotatable bonds is 4. The molecule has 0 unspecified atom stereocenters. The number of carboxylic acid groups (broad SMARTS) is 1. The molecule has 0 saturated carbocycles. The van der Waals surface area contributed by atoms with Gasteiger partial charge in [-0.1, -0.05) is 12.5 Å². The van der Waals surface area contributed by atoms with Gasteiger partial charge in [0.05, 0.1) is 10.5 Å². The van der Waals surface area contributed by atoms with Crippen LogP contribution in [0.15, 0.2) is 18.2 Å². The lowest BCUT2D eigenvalue weighted by Crippen LogP contribution is -2.35. The summed E-state index contributed by atoms with van der Waals surface area (Å²) in [6, 6.07) is 4.04. The normalized spacial score (nSPS) is 16.0.